The lowest BCUT2D eigenvalue weighted by atomic mass is 10.2. The zero-order chi connectivity index (χ0) is 13.5. The highest BCUT2D eigenvalue weighted by Gasteiger charge is 2.17. The Bertz CT molecular complexity index is 238. The Labute approximate surface area is 119 Å². The summed E-state index contributed by atoms with van der Waals surface area (Å²) in [4.78, 5) is 10.4. The summed E-state index contributed by atoms with van der Waals surface area (Å²) in [6.45, 7) is 16.2. The molecule has 3 fully saturated rings. The SMILES string of the molecule is CCN1CCCN2CCN(CCCN(C)CC1)CC2. The van der Waals surface area contributed by atoms with Gasteiger partial charge in [0, 0.05) is 39.3 Å². The second-order valence-electron chi connectivity index (χ2n) is 6.13. The van der Waals surface area contributed by atoms with Crippen molar-refractivity contribution in [3.8, 4) is 0 Å². The van der Waals surface area contributed by atoms with Crippen molar-refractivity contribution in [1.29, 1.82) is 0 Å². The molecule has 19 heavy (non-hydrogen) atoms. The molecule has 0 saturated carbocycles. The molecule has 4 nitrogen and oxygen atoms in total. The third kappa shape index (κ3) is 5.38. The van der Waals surface area contributed by atoms with Crippen molar-refractivity contribution in [3.63, 3.8) is 0 Å². The van der Waals surface area contributed by atoms with Crippen LogP contribution in [0.5, 0.6) is 0 Å². The Morgan fingerprint density at radius 2 is 1.21 bits per heavy atom. The standard InChI is InChI=1S/C15H32N4/c1-3-17-7-5-9-19-14-12-18(13-15-19)8-4-6-16(2)10-11-17/h3-15H2,1-2H3. The average Bonchev–Trinajstić information content (AvgIpc) is 2.44. The molecule has 3 saturated heterocycles. The normalized spacial score (nSPS) is 33.2. The smallest absolute Gasteiger partial charge is 0.0110 e. The predicted octanol–water partition coefficient (Wildman–Crippen LogP) is 0.652. The van der Waals surface area contributed by atoms with Crippen molar-refractivity contribution < 1.29 is 0 Å². The number of hydrogen-bond donors (Lipinski definition) is 0. The van der Waals surface area contributed by atoms with Gasteiger partial charge < -0.3 is 19.6 Å². The van der Waals surface area contributed by atoms with Gasteiger partial charge in [-0.25, -0.2) is 0 Å². The Hall–Kier alpha value is -0.160. The summed E-state index contributed by atoms with van der Waals surface area (Å²) < 4.78 is 0. The molecule has 0 radical (unpaired) electrons. The highest BCUT2D eigenvalue weighted by atomic mass is 15.3. The molecule has 2 bridgehead atoms. The molecule has 0 aromatic carbocycles. The van der Waals surface area contributed by atoms with Crippen LogP contribution in [0.15, 0.2) is 0 Å². The highest BCUT2D eigenvalue weighted by Crippen LogP contribution is 2.05. The van der Waals surface area contributed by atoms with Gasteiger partial charge >= 0.3 is 0 Å². The minimum atomic E-state index is 1.20. The molecular formula is C15H32N4. The molecule has 112 valence electrons. The number of piperazine rings is 1. The molecule has 0 unspecified atom stereocenters. The molecule has 0 aromatic rings. The minimum Gasteiger partial charge on any atom is -0.305 e. The van der Waals surface area contributed by atoms with E-state index in [2.05, 4.69) is 33.6 Å². The van der Waals surface area contributed by atoms with Gasteiger partial charge in [-0.15, -0.1) is 0 Å². The van der Waals surface area contributed by atoms with Gasteiger partial charge in [-0.1, -0.05) is 6.92 Å². The monoisotopic (exact) mass is 268 g/mol. The number of rotatable bonds is 1. The van der Waals surface area contributed by atoms with Gasteiger partial charge in [0.25, 0.3) is 0 Å². The number of fused-ring (bicyclic) bond motifs is 11. The van der Waals surface area contributed by atoms with Crippen LogP contribution in [0.2, 0.25) is 0 Å². The first-order valence-electron chi connectivity index (χ1n) is 8.13. The lowest BCUT2D eigenvalue weighted by Crippen LogP contribution is -2.48. The maximum atomic E-state index is 2.65. The first-order valence-corrected chi connectivity index (χ1v) is 8.13. The van der Waals surface area contributed by atoms with E-state index in [-0.39, 0.29) is 0 Å². The second kappa shape index (κ2) is 8.20. The third-order valence-electron chi connectivity index (χ3n) is 4.67. The lowest BCUT2D eigenvalue weighted by molar-refractivity contribution is 0.117. The van der Waals surface area contributed by atoms with Crippen molar-refractivity contribution in [1.82, 2.24) is 19.6 Å². The second-order valence-corrected chi connectivity index (χ2v) is 6.13. The van der Waals surface area contributed by atoms with Gasteiger partial charge in [-0.05, 0) is 52.6 Å². The molecule has 0 spiro atoms. The van der Waals surface area contributed by atoms with E-state index in [9.17, 15) is 0 Å². The lowest BCUT2D eigenvalue weighted by Gasteiger charge is -2.36. The Morgan fingerprint density at radius 1 is 0.632 bits per heavy atom. The summed E-state index contributed by atoms with van der Waals surface area (Å²) in [5, 5.41) is 0. The molecule has 3 rings (SSSR count). The largest absolute Gasteiger partial charge is 0.305 e. The van der Waals surface area contributed by atoms with Gasteiger partial charge in [0.1, 0.15) is 0 Å². The molecule has 3 aliphatic heterocycles. The fourth-order valence-corrected chi connectivity index (χ4v) is 3.17. The molecule has 0 atom stereocenters. The van der Waals surface area contributed by atoms with Crippen molar-refractivity contribution in [2.45, 2.75) is 19.8 Å². The molecule has 0 aromatic heterocycles. The molecule has 0 aliphatic carbocycles. The summed E-state index contributed by atoms with van der Waals surface area (Å²) >= 11 is 0. The maximum absolute atomic E-state index is 2.65. The number of likely N-dealkylation sites (N-methyl/N-ethyl adjacent to an activating group) is 2. The van der Waals surface area contributed by atoms with E-state index in [1.54, 1.807) is 0 Å². The Kier molecular flexibility index (Phi) is 6.57. The molecule has 4 heteroatoms. The fraction of sp³-hybridized carbons (Fsp3) is 1.00. The van der Waals surface area contributed by atoms with E-state index in [0.717, 1.165) is 0 Å². The molecule has 3 heterocycles. The van der Waals surface area contributed by atoms with Crippen LogP contribution in [0.25, 0.3) is 0 Å². The Morgan fingerprint density at radius 3 is 1.79 bits per heavy atom. The van der Waals surface area contributed by atoms with Crippen LogP contribution >= 0.6 is 0 Å². The molecular weight excluding hydrogens is 236 g/mol. The maximum Gasteiger partial charge on any atom is 0.0110 e. The average molecular weight is 268 g/mol. The zero-order valence-electron chi connectivity index (χ0n) is 13.0. The molecule has 0 N–H and O–H groups in total. The third-order valence-corrected chi connectivity index (χ3v) is 4.67. The van der Waals surface area contributed by atoms with Gasteiger partial charge in [-0.3, -0.25) is 0 Å². The summed E-state index contributed by atoms with van der Waals surface area (Å²) in [5.41, 5.74) is 0. The summed E-state index contributed by atoms with van der Waals surface area (Å²) in [6.07, 6.45) is 2.65. The molecule has 0 amide bonds. The fourth-order valence-electron chi connectivity index (χ4n) is 3.17. The Balaban J connectivity index is 1.83. The van der Waals surface area contributed by atoms with Crippen LogP contribution in [0, 0.1) is 0 Å². The van der Waals surface area contributed by atoms with Gasteiger partial charge in [0.2, 0.25) is 0 Å². The topological polar surface area (TPSA) is 13.0 Å². The predicted molar refractivity (Wildman–Crippen MR) is 81.7 cm³/mol. The van der Waals surface area contributed by atoms with Gasteiger partial charge in [-0.2, -0.15) is 0 Å². The van der Waals surface area contributed by atoms with Crippen molar-refractivity contribution in [3.05, 3.63) is 0 Å². The van der Waals surface area contributed by atoms with E-state index >= 15 is 0 Å². The summed E-state index contributed by atoms with van der Waals surface area (Å²) in [7, 11) is 2.28. The van der Waals surface area contributed by atoms with Crippen LogP contribution in [-0.4, -0.2) is 98.6 Å². The zero-order valence-corrected chi connectivity index (χ0v) is 13.0. The van der Waals surface area contributed by atoms with Gasteiger partial charge in [0.15, 0.2) is 0 Å². The quantitative estimate of drug-likeness (QED) is 0.692. The van der Waals surface area contributed by atoms with E-state index in [0.29, 0.717) is 0 Å². The van der Waals surface area contributed by atoms with E-state index < -0.39 is 0 Å². The minimum absolute atomic E-state index is 1.20. The number of nitrogens with zero attached hydrogens (tertiary/aromatic N) is 4. The van der Waals surface area contributed by atoms with E-state index in [4.69, 9.17) is 0 Å². The van der Waals surface area contributed by atoms with Crippen molar-refractivity contribution >= 4 is 0 Å². The summed E-state index contributed by atoms with van der Waals surface area (Å²) in [6, 6.07) is 0. The van der Waals surface area contributed by atoms with E-state index in [1.165, 1.54) is 84.8 Å². The van der Waals surface area contributed by atoms with E-state index in [1.807, 2.05) is 0 Å². The number of hydrogen-bond acceptors (Lipinski definition) is 4. The van der Waals surface area contributed by atoms with Crippen molar-refractivity contribution in [2.75, 3.05) is 79.0 Å². The van der Waals surface area contributed by atoms with Crippen LogP contribution < -0.4 is 0 Å². The molecule has 3 aliphatic rings. The van der Waals surface area contributed by atoms with Crippen LogP contribution in [0.4, 0.5) is 0 Å². The summed E-state index contributed by atoms with van der Waals surface area (Å²) in [5.74, 6) is 0. The van der Waals surface area contributed by atoms with Crippen molar-refractivity contribution in [2.24, 2.45) is 0 Å². The van der Waals surface area contributed by atoms with Gasteiger partial charge in [0.05, 0.1) is 0 Å². The van der Waals surface area contributed by atoms with Crippen LogP contribution in [0.3, 0.4) is 0 Å². The highest BCUT2D eigenvalue weighted by molar-refractivity contribution is 4.73. The first kappa shape index (κ1) is 15.2. The van der Waals surface area contributed by atoms with Crippen LogP contribution in [-0.2, 0) is 0 Å². The van der Waals surface area contributed by atoms with Crippen LogP contribution in [0.1, 0.15) is 19.8 Å². The first-order chi connectivity index (χ1) is 9.28.